The van der Waals surface area contributed by atoms with Gasteiger partial charge in [0.05, 0.1) is 17.2 Å². The summed E-state index contributed by atoms with van der Waals surface area (Å²) in [5.74, 6) is -2.42. The number of aliphatic hydroxyl groups is 1. The van der Waals surface area contributed by atoms with Crippen molar-refractivity contribution in [1.29, 1.82) is 0 Å². The van der Waals surface area contributed by atoms with E-state index in [9.17, 15) is 22.7 Å². The fourth-order valence-corrected chi connectivity index (χ4v) is 5.68. The number of carbonyl (C=O) groups excluding carboxylic acids is 1. The van der Waals surface area contributed by atoms with E-state index in [0.29, 0.717) is 22.5 Å². The summed E-state index contributed by atoms with van der Waals surface area (Å²) in [6.07, 6.45) is -0.278. The van der Waals surface area contributed by atoms with Crippen molar-refractivity contribution in [2.24, 2.45) is 0 Å². The number of amides is 1. The van der Waals surface area contributed by atoms with E-state index in [1.165, 1.54) is 12.1 Å². The Bertz CT molecular complexity index is 1590. The zero-order valence-electron chi connectivity index (χ0n) is 19.4. The van der Waals surface area contributed by atoms with E-state index >= 15 is 0 Å². The Morgan fingerprint density at radius 2 is 1.72 bits per heavy atom. The van der Waals surface area contributed by atoms with E-state index in [-0.39, 0.29) is 11.3 Å². The molecule has 0 spiro atoms. The molecule has 6 nitrogen and oxygen atoms in total. The van der Waals surface area contributed by atoms with Gasteiger partial charge in [-0.3, -0.25) is 4.79 Å². The standard InChI is InChI=1S/C28H23FN2O4S/c1-19-16-23(12-15-26(19)30-2)31-27(32)28(33,18-36(34,35)24-13-10-22(29)11-14-24)17-21-8-5-7-20-6-3-4-9-25(20)21/h3-16,33H,17-18H2,1H3,(H,31,32)/t28-/m0/s1. The zero-order chi connectivity index (χ0) is 25.9. The lowest BCUT2D eigenvalue weighted by Gasteiger charge is -2.28. The van der Waals surface area contributed by atoms with Crippen LogP contribution in [-0.2, 0) is 21.1 Å². The second-order valence-corrected chi connectivity index (χ2v) is 10.6. The van der Waals surface area contributed by atoms with Gasteiger partial charge in [-0.2, -0.15) is 0 Å². The second kappa shape index (κ2) is 9.90. The molecule has 0 unspecified atom stereocenters. The molecule has 0 saturated heterocycles. The van der Waals surface area contributed by atoms with Gasteiger partial charge in [0.2, 0.25) is 0 Å². The van der Waals surface area contributed by atoms with Crippen molar-refractivity contribution in [3.8, 4) is 0 Å². The van der Waals surface area contributed by atoms with Gasteiger partial charge in [-0.25, -0.2) is 17.7 Å². The van der Waals surface area contributed by atoms with Gasteiger partial charge in [0, 0.05) is 12.1 Å². The lowest BCUT2D eigenvalue weighted by Crippen LogP contribution is -2.50. The molecule has 182 valence electrons. The molecule has 0 aromatic heterocycles. The van der Waals surface area contributed by atoms with E-state index in [0.717, 1.165) is 35.0 Å². The number of nitrogens with zero attached hydrogens (tertiary/aromatic N) is 1. The summed E-state index contributed by atoms with van der Waals surface area (Å²) in [6, 6.07) is 21.7. The first kappa shape index (κ1) is 25.0. The summed E-state index contributed by atoms with van der Waals surface area (Å²) < 4.78 is 39.8. The maximum atomic E-state index is 13.5. The molecule has 0 radical (unpaired) electrons. The molecule has 1 amide bonds. The monoisotopic (exact) mass is 502 g/mol. The maximum Gasteiger partial charge on any atom is 0.257 e. The first-order valence-electron chi connectivity index (χ1n) is 11.1. The minimum Gasteiger partial charge on any atom is -0.379 e. The Labute approximate surface area is 208 Å². The molecule has 1 atom stereocenters. The lowest BCUT2D eigenvalue weighted by molar-refractivity contribution is -0.131. The number of benzene rings is 4. The molecule has 0 fully saturated rings. The second-order valence-electron chi connectivity index (χ2n) is 8.63. The van der Waals surface area contributed by atoms with Crippen molar-refractivity contribution in [1.82, 2.24) is 0 Å². The predicted molar refractivity (Wildman–Crippen MR) is 137 cm³/mol. The largest absolute Gasteiger partial charge is 0.379 e. The molecule has 4 rings (SSSR count). The average Bonchev–Trinajstić information content (AvgIpc) is 2.84. The number of aryl methyl sites for hydroxylation is 1. The maximum absolute atomic E-state index is 13.5. The minimum atomic E-state index is -4.18. The van der Waals surface area contributed by atoms with Crippen molar-refractivity contribution in [3.63, 3.8) is 0 Å². The van der Waals surface area contributed by atoms with Crippen LogP contribution in [0.5, 0.6) is 0 Å². The predicted octanol–water partition coefficient (Wildman–Crippen LogP) is 5.22. The fourth-order valence-electron chi connectivity index (χ4n) is 4.10. The quantitative estimate of drug-likeness (QED) is 0.268. The molecule has 8 heteroatoms. The molecule has 0 aliphatic rings. The van der Waals surface area contributed by atoms with Crippen LogP contribution in [0.15, 0.2) is 89.8 Å². The number of hydrogen-bond acceptors (Lipinski definition) is 4. The van der Waals surface area contributed by atoms with Gasteiger partial charge >= 0.3 is 0 Å². The molecule has 4 aromatic rings. The fraction of sp³-hybridized carbons (Fsp3) is 0.143. The molecule has 0 bridgehead atoms. The number of carbonyl (C=O) groups is 1. The molecule has 36 heavy (non-hydrogen) atoms. The van der Waals surface area contributed by atoms with Crippen molar-refractivity contribution in [2.75, 3.05) is 11.1 Å². The first-order chi connectivity index (χ1) is 17.1. The zero-order valence-corrected chi connectivity index (χ0v) is 20.2. The van der Waals surface area contributed by atoms with E-state index < -0.39 is 32.9 Å². The molecule has 2 N–H and O–H groups in total. The number of fused-ring (bicyclic) bond motifs is 1. The van der Waals surface area contributed by atoms with Gasteiger partial charge in [-0.05, 0) is 65.2 Å². The SMILES string of the molecule is [C-]#[N+]c1ccc(NC(=O)[C@](O)(Cc2cccc3ccccc23)CS(=O)(=O)c2ccc(F)cc2)cc1C. The van der Waals surface area contributed by atoms with E-state index in [4.69, 9.17) is 6.57 Å². The van der Waals surface area contributed by atoms with Crippen molar-refractivity contribution in [3.05, 3.63) is 113 Å². The Morgan fingerprint density at radius 3 is 2.42 bits per heavy atom. The Hall–Kier alpha value is -4.06. The number of sulfone groups is 1. The summed E-state index contributed by atoms with van der Waals surface area (Å²) in [5, 5.41) is 15.9. The van der Waals surface area contributed by atoms with Gasteiger partial charge in [-0.1, -0.05) is 48.5 Å². The van der Waals surface area contributed by atoms with Crippen LogP contribution in [0.1, 0.15) is 11.1 Å². The Kier molecular flexibility index (Phi) is 6.88. The van der Waals surface area contributed by atoms with Crippen LogP contribution >= 0.6 is 0 Å². The van der Waals surface area contributed by atoms with Crippen LogP contribution in [0.25, 0.3) is 15.6 Å². The summed E-state index contributed by atoms with van der Waals surface area (Å²) >= 11 is 0. The van der Waals surface area contributed by atoms with Crippen LogP contribution in [0.2, 0.25) is 0 Å². The van der Waals surface area contributed by atoms with E-state index in [1.54, 1.807) is 25.1 Å². The number of nitrogens with one attached hydrogen (secondary N) is 1. The summed E-state index contributed by atoms with van der Waals surface area (Å²) in [7, 11) is -4.18. The summed E-state index contributed by atoms with van der Waals surface area (Å²) in [4.78, 5) is 16.6. The van der Waals surface area contributed by atoms with Gasteiger partial charge in [0.1, 0.15) is 5.82 Å². The van der Waals surface area contributed by atoms with Crippen LogP contribution in [-0.4, -0.2) is 30.8 Å². The average molecular weight is 503 g/mol. The van der Waals surface area contributed by atoms with Crippen LogP contribution in [0.4, 0.5) is 15.8 Å². The van der Waals surface area contributed by atoms with Crippen molar-refractivity contribution >= 4 is 37.9 Å². The summed E-state index contributed by atoms with van der Waals surface area (Å²) in [6.45, 7) is 8.90. The molecule has 4 aromatic carbocycles. The highest BCUT2D eigenvalue weighted by Crippen LogP contribution is 2.28. The van der Waals surface area contributed by atoms with Gasteiger partial charge in [-0.15, -0.1) is 0 Å². The molecule has 0 heterocycles. The first-order valence-corrected chi connectivity index (χ1v) is 12.7. The molecule has 0 saturated carbocycles. The highest BCUT2D eigenvalue weighted by molar-refractivity contribution is 7.91. The van der Waals surface area contributed by atoms with E-state index in [1.807, 2.05) is 30.3 Å². The van der Waals surface area contributed by atoms with E-state index in [2.05, 4.69) is 10.2 Å². The van der Waals surface area contributed by atoms with Gasteiger partial charge < -0.3 is 10.4 Å². The molecule has 0 aliphatic carbocycles. The van der Waals surface area contributed by atoms with Crippen LogP contribution in [0, 0.1) is 19.3 Å². The third kappa shape index (κ3) is 5.28. The topological polar surface area (TPSA) is 87.8 Å². The Balaban J connectivity index is 1.74. The van der Waals surface area contributed by atoms with Crippen LogP contribution < -0.4 is 5.32 Å². The third-order valence-electron chi connectivity index (χ3n) is 5.96. The number of halogens is 1. The smallest absolute Gasteiger partial charge is 0.257 e. The number of hydrogen-bond donors (Lipinski definition) is 2. The highest BCUT2D eigenvalue weighted by atomic mass is 32.2. The summed E-state index contributed by atoms with van der Waals surface area (Å²) in [5.41, 5.74) is -0.402. The molecular formula is C28H23FN2O4S. The Morgan fingerprint density at radius 1 is 1.03 bits per heavy atom. The van der Waals surface area contributed by atoms with Gasteiger partial charge in [0.15, 0.2) is 21.1 Å². The highest BCUT2D eigenvalue weighted by Gasteiger charge is 2.42. The van der Waals surface area contributed by atoms with Crippen LogP contribution in [0.3, 0.4) is 0 Å². The normalized spacial score (nSPS) is 13.1. The van der Waals surface area contributed by atoms with Crippen molar-refractivity contribution in [2.45, 2.75) is 23.8 Å². The third-order valence-corrected chi connectivity index (χ3v) is 7.81. The number of anilines is 1. The molecule has 0 aliphatic heterocycles. The minimum absolute atomic E-state index is 0.203. The number of rotatable bonds is 7. The van der Waals surface area contributed by atoms with Crippen molar-refractivity contribution < 1.29 is 22.7 Å². The lowest BCUT2D eigenvalue weighted by atomic mass is 9.91. The van der Waals surface area contributed by atoms with Gasteiger partial charge in [0.25, 0.3) is 5.91 Å². The molecular weight excluding hydrogens is 479 g/mol.